The van der Waals surface area contributed by atoms with Crippen LogP contribution in [0.25, 0.3) is 0 Å². The van der Waals surface area contributed by atoms with Crippen LogP contribution in [0.1, 0.15) is 11.1 Å². The van der Waals surface area contributed by atoms with E-state index in [1.165, 1.54) is 6.07 Å². The number of rotatable bonds is 8. The fourth-order valence-electron chi connectivity index (χ4n) is 2.03. The Morgan fingerprint density at radius 2 is 1.96 bits per heavy atom. The van der Waals surface area contributed by atoms with Crippen LogP contribution >= 0.6 is 12.4 Å². The van der Waals surface area contributed by atoms with Gasteiger partial charge in [0.15, 0.2) is 11.5 Å². The van der Waals surface area contributed by atoms with Crippen molar-refractivity contribution in [3.8, 4) is 11.5 Å². The molecule has 0 aliphatic heterocycles. The van der Waals surface area contributed by atoms with E-state index >= 15 is 0 Å². The van der Waals surface area contributed by atoms with Crippen molar-refractivity contribution >= 4 is 12.4 Å². The number of methoxy groups -OCH3 is 1. The molecule has 0 aliphatic carbocycles. The summed E-state index contributed by atoms with van der Waals surface area (Å²) >= 11 is 0. The summed E-state index contributed by atoms with van der Waals surface area (Å²) in [6.45, 7) is 5.29. The maximum absolute atomic E-state index is 13.6. The Morgan fingerprint density at radius 1 is 1.17 bits per heavy atom. The minimum absolute atomic E-state index is 0. The highest BCUT2D eigenvalue weighted by Crippen LogP contribution is 2.29. The third-order valence-electron chi connectivity index (χ3n) is 3.19. The monoisotopic (exact) mass is 337 g/mol. The van der Waals surface area contributed by atoms with Crippen LogP contribution in [0.4, 0.5) is 4.39 Å². The van der Waals surface area contributed by atoms with Crippen molar-refractivity contribution in [2.24, 2.45) is 0 Å². The molecule has 0 spiro atoms. The van der Waals surface area contributed by atoms with Crippen LogP contribution in [0.15, 0.2) is 55.1 Å². The SMILES string of the molecule is C=CCNCc1ccc(OCc2ccccc2F)c(OC)c1.Cl. The number of hydrogen-bond acceptors (Lipinski definition) is 3. The van der Waals surface area contributed by atoms with Crippen molar-refractivity contribution in [3.05, 3.63) is 72.1 Å². The van der Waals surface area contributed by atoms with Gasteiger partial charge < -0.3 is 14.8 Å². The zero-order chi connectivity index (χ0) is 15.8. The first-order chi connectivity index (χ1) is 10.7. The molecule has 3 nitrogen and oxygen atoms in total. The average Bonchev–Trinajstić information content (AvgIpc) is 2.55. The normalized spacial score (nSPS) is 9.83. The van der Waals surface area contributed by atoms with Gasteiger partial charge in [-0.1, -0.05) is 30.3 Å². The number of ether oxygens (including phenoxy) is 2. The van der Waals surface area contributed by atoms with Gasteiger partial charge in [0, 0.05) is 18.7 Å². The summed E-state index contributed by atoms with van der Waals surface area (Å²) in [5.74, 6) is 0.958. The molecule has 0 bridgehead atoms. The zero-order valence-corrected chi connectivity index (χ0v) is 13.9. The minimum atomic E-state index is -0.272. The third kappa shape index (κ3) is 5.58. The lowest BCUT2D eigenvalue weighted by atomic mass is 10.2. The van der Waals surface area contributed by atoms with Crippen LogP contribution in [-0.4, -0.2) is 13.7 Å². The van der Waals surface area contributed by atoms with Gasteiger partial charge in [-0.25, -0.2) is 4.39 Å². The van der Waals surface area contributed by atoms with Crippen LogP contribution < -0.4 is 14.8 Å². The molecule has 0 aromatic heterocycles. The van der Waals surface area contributed by atoms with Crippen molar-refractivity contribution in [1.29, 1.82) is 0 Å². The maximum Gasteiger partial charge on any atom is 0.161 e. The van der Waals surface area contributed by atoms with Gasteiger partial charge in [-0.05, 0) is 23.8 Å². The van der Waals surface area contributed by atoms with Crippen LogP contribution in [0.2, 0.25) is 0 Å². The van der Waals surface area contributed by atoms with Crippen molar-refractivity contribution in [1.82, 2.24) is 5.32 Å². The molecule has 0 aliphatic rings. The van der Waals surface area contributed by atoms with Crippen LogP contribution in [0, 0.1) is 5.82 Å². The Bertz CT molecular complexity index is 634. The molecule has 0 fully saturated rings. The Labute approximate surface area is 142 Å². The van der Waals surface area contributed by atoms with E-state index in [-0.39, 0.29) is 24.8 Å². The summed E-state index contributed by atoms with van der Waals surface area (Å²) in [4.78, 5) is 0. The lowest BCUT2D eigenvalue weighted by Crippen LogP contribution is -2.12. The predicted molar refractivity (Wildman–Crippen MR) is 92.9 cm³/mol. The van der Waals surface area contributed by atoms with Crippen molar-refractivity contribution in [3.63, 3.8) is 0 Å². The molecule has 0 radical (unpaired) electrons. The summed E-state index contributed by atoms with van der Waals surface area (Å²) in [6, 6.07) is 12.3. The first kappa shape index (κ1) is 19.0. The highest BCUT2D eigenvalue weighted by Gasteiger charge is 2.08. The Morgan fingerprint density at radius 3 is 2.65 bits per heavy atom. The first-order valence-electron chi connectivity index (χ1n) is 7.09. The topological polar surface area (TPSA) is 30.5 Å². The Balaban J connectivity index is 0.00000264. The van der Waals surface area contributed by atoms with Gasteiger partial charge in [-0.2, -0.15) is 0 Å². The molecule has 1 N–H and O–H groups in total. The standard InChI is InChI=1S/C18H20FNO2.ClH/c1-3-10-20-12-14-8-9-17(18(11-14)21-2)22-13-15-6-4-5-7-16(15)19;/h3-9,11,20H,1,10,12-13H2,2H3;1H. The van der Waals surface area contributed by atoms with Gasteiger partial charge >= 0.3 is 0 Å². The maximum atomic E-state index is 13.6. The molecule has 0 saturated heterocycles. The van der Waals surface area contributed by atoms with E-state index in [1.807, 2.05) is 24.3 Å². The quantitative estimate of drug-likeness (QED) is 0.581. The van der Waals surface area contributed by atoms with E-state index in [9.17, 15) is 4.39 Å². The molecular weight excluding hydrogens is 317 g/mol. The molecule has 0 atom stereocenters. The summed E-state index contributed by atoms with van der Waals surface area (Å²) < 4.78 is 24.6. The lowest BCUT2D eigenvalue weighted by molar-refractivity contribution is 0.279. The molecule has 0 heterocycles. The van der Waals surface area contributed by atoms with Crippen molar-refractivity contribution in [2.45, 2.75) is 13.2 Å². The molecule has 2 aromatic rings. The average molecular weight is 338 g/mol. The zero-order valence-electron chi connectivity index (χ0n) is 13.0. The van der Waals surface area contributed by atoms with E-state index in [4.69, 9.17) is 9.47 Å². The molecule has 124 valence electrons. The summed E-state index contributed by atoms with van der Waals surface area (Å²) in [5.41, 5.74) is 1.60. The molecule has 2 rings (SSSR count). The minimum Gasteiger partial charge on any atom is -0.493 e. The fraction of sp³-hybridized carbons (Fsp3) is 0.222. The number of halogens is 2. The van der Waals surface area contributed by atoms with E-state index < -0.39 is 0 Å². The second-order valence-electron chi connectivity index (χ2n) is 4.78. The molecule has 0 unspecified atom stereocenters. The van der Waals surface area contributed by atoms with E-state index in [1.54, 1.807) is 25.3 Å². The largest absolute Gasteiger partial charge is 0.493 e. The summed E-state index contributed by atoms with van der Waals surface area (Å²) in [7, 11) is 1.59. The van der Waals surface area contributed by atoms with E-state index in [0.717, 1.165) is 18.7 Å². The van der Waals surface area contributed by atoms with Gasteiger partial charge in [0.25, 0.3) is 0 Å². The van der Waals surface area contributed by atoms with E-state index in [0.29, 0.717) is 17.1 Å². The van der Waals surface area contributed by atoms with Gasteiger partial charge in [0.1, 0.15) is 12.4 Å². The Hall–Kier alpha value is -2.04. The first-order valence-corrected chi connectivity index (χ1v) is 7.09. The fourth-order valence-corrected chi connectivity index (χ4v) is 2.03. The highest BCUT2D eigenvalue weighted by atomic mass is 35.5. The summed E-state index contributed by atoms with van der Waals surface area (Å²) in [5, 5.41) is 3.22. The number of hydrogen-bond donors (Lipinski definition) is 1. The van der Waals surface area contributed by atoms with Crippen LogP contribution in [0.5, 0.6) is 11.5 Å². The van der Waals surface area contributed by atoms with Crippen molar-refractivity contribution < 1.29 is 13.9 Å². The second kappa shape index (κ2) is 9.87. The molecular formula is C18H21ClFNO2. The van der Waals surface area contributed by atoms with Crippen LogP contribution in [0.3, 0.4) is 0 Å². The van der Waals surface area contributed by atoms with Gasteiger partial charge in [-0.3, -0.25) is 0 Å². The highest BCUT2D eigenvalue weighted by molar-refractivity contribution is 5.85. The molecule has 0 amide bonds. The Kier molecular flexibility index (Phi) is 8.16. The van der Waals surface area contributed by atoms with Crippen LogP contribution in [-0.2, 0) is 13.2 Å². The lowest BCUT2D eigenvalue weighted by Gasteiger charge is -2.13. The predicted octanol–water partition coefficient (Wildman–Crippen LogP) is 4.11. The second-order valence-corrected chi connectivity index (χ2v) is 4.78. The number of nitrogens with one attached hydrogen (secondary N) is 1. The van der Waals surface area contributed by atoms with Gasteiger partial charge in [-0.15, -0.1) is 19.0 Å². The summed E-state index contributed by atoms with van der Waals surface area (Å²) in [6.07, 6.45) is 1.81. The van der Waals surface area contributed by atoms with Crippen molar-refractivity contribution in [2.75, 3.05) is 13.7 Å². The van der Waals surface area contributed by atoms with E-state index in [2.05, 4.69) is 11.9 Å². The molecule has 5 heteroatoms. The molecule has 2 aromatic carbocycles. The smallest absolute Gasteiger partial charge is 0.161 e. The van der Waals surface area contributed by atoms with Gasteiger partial charge in [0.2, 0.25) is 0 Å². The number of benzene rings is 2. The third-order valence-corrected chi connectivity index (χ3v) is 3.19. The molecule has 0 saturated carbocycles. The molecule has 23 heavy (non-hydrogen) atoms. The van der Waals surface area contributed by atoms with Gasteiger partial charge in [0.05, 0.1) is 7.11 Å².